The number of carbonyl (C=O) groups excluding carboxylic acids is 1. The molecule has 1 aliphatic heterocycles. The maximum Gasteiger partial charge on any atom is 0.410 e. The topological polar surface area (TPSA) is 44.8 Å². The highest BCUT2D eigenvalue weighted by atomic mass is 16.6. The van der Waals surface area contributed by atoms with Gasteiger partial charge in [0.15, 0.2) is 0 Å². The van der Waals surface area contributed by atoms with Gasteiger partial charge in [-0.25, -0.2) is 4.79 Å². The summed E-state index contributed by atoms with van der Waals surface area (Å²) >= 11 is 0. The van der Waals surface area contributed by atoms with Crippen LogP contribution in [0.25, 0.3) is 0 Å². The third-order valence-corrected chi connectivity index (χ3v) is 4.57. The summed E-state index contributed by atoms with van der Waals surface area (Å²) in [6.45, 7) is 14.8. The van der Waals surface area contributed by atoms with Crippen molar-refractivity contribution in [2.75, 3.05) is 39.8 Å². The highest BCUT2D eigenvalue weighted by Crippen LogP contribution is 2.19. The van der Waals surface area contributed by atoms with Crippen LogP contribution in [0, 0.1) is 5.92 Å². The van der Waals surface area contributed by atoms with E-state index < -0.39 is 5.60 Å². The lowest BCUT2D eigenvalue weighted by molar-refractivity contribution is 0.0258. The molecule has 1 unspecified atom stereocenters. The minimum Gasteiger partial charge on any atom is -0.444 e. The van der Waals surface area contributed by atoms with Gasteiger partial charge in [0.2, 0.25) is 0 Å². The lowest BCUT2D eigenvalue weighted by atomic mass is 9.90. The van der Waals surface area contributed by atoms with Crippen LogP contribution in [0.3, 0.4) is 0 Å². The van der Waals surface area contributed by atoms with Crippen molar-refractivity contribution in [1.82, 2.24) is 15.1 Å². The molecule has 0 aromatic rings. The van der Waals surface area contributed by atoms with Crippen molar-refractivity contribution in [3.63, 3.8) is 0 Å². The monoisotopic (exact) mass is 327 g/mol. The van der Waals surface area contributed by atoms with E-state index in [0.29, 0.717) is 12.6 Å². The van der Waals surface area contributed by atoms with Gasteiger partial charge in [-0.3, -0.25) is 0 Å². The Bertz CT molecular complexity index is 347. The quantitative estimate of drug-likeness (QED) is 0.730. The zero-order valence-electron chi connectivity index (χ0n) is 16.0. The normalized spacial score (nSPS) is 18.7. The molecular formula is C18H37N3O2. The highest BCUT2D eigenvalue weighted by molar-refractivity contribution is 5.68. The number of carbonyl (C=O) groups is 1. The molecule has 1 saturated heterocycles. The minimum absolute atomic E-state index is 0.205. The number of hydrogen-bond acceptors (Lipinski definition) is 4. The molecule has 0 saturated carbocycles. The fraction of sp³-hybridized carbons (Fsp3) is 0.944. The van der Waals surface area contributed by atoms with Gasteiger partial charge >= 0.3 is 6.09 Å². The lowest BCUT2D eigenvalue weighted by Crippen LogP contribution is -2.42. The number of rotatable bonds is 7. The summed E-state index contributed by atoms with van der Waals surface area (Å²) in [6, 6.07) is 0.556. The highest BCUT2D eigenvalue weighted by Gasteiger charge is 2.22. The average molecular weight is 328 g/mol. The molecule has 0 aromatic carbocycles. The average Bonchev–Trinajstić information content (AvgIpc) is 2.45. The standard InChI is InChI=1S/C18H37N3O2/c1-7-21(17(22)23-18(3,4)5)12-8-11-19-15(2)16-9-13-20(6)14-10-16/h15-16,19H,7-14H2,1-6H3. The van der Waals surface area contributed by atoms with Gasteiger partial charge in [-0.1, -0.05) is 0 Å². The Labute approximate surface area is 142 Å². The minimum atomic E-state index is -0.425. The van der Waals surface area contributed by atoms with Gasteiger partial charge in [0.1, 0.15) is 5.60 Å². The van der Waals surface area contributed by atoms with Gasteiger partial charge in [0.25, 0.3) is 0 Å². The van der Waals surface area contributed by atoms with E-state index >= 15 is 0 Å². The molecule has 1 amide bonds. The van der Waals surface area contributed by atoms with Crippen LogP contribution < -0.4 is 5.32 Å². The first-order chi connectivity index (χ1) is 10.7. The molecule has 1 rings (SSSR count). The number of nitrogens with zero attached hydrogens (tertiary/aromatic N) is 2. The van der Waals surface area contributed by atoms with E-state index in [-0.39, 0.29) is 6.09 Å². The Morgan fingerprint density at radius 3 is 2.48 bits per heavy atom. The Hall–Kier alpha value is -0.810. The Balaban J connectivity index is 2.22. The summed E-state index contributed by atoms with van der Waals surface area (Å²) < 4.78 is 5.44. The molecule has 1 atom stereocenters. The van der Waals surface area contributed by atoms with Gasteiger partial charge in [0.05, 0.1) is 0 Å². The van der Waals surface area contributed by atoms with Crippen molar-refractivity contribution in [2.45, 2.75) is 65.5 Å². The van der Waals surface area contributed by atoms with Crippen LogP contribution >= 0.6 is 0 Å². The first kappa shape index (κ1) is 20.2. The predicted octanol–water partition coefficient (Wildman–Crippen LogP) is 2.95. The van der Waals surface area contributed by atoms with Gasteiger partial charge in [-0.05, 0) is 86.5 Å². The number of hydrogen-bond donors (Lipinski definition) is 1. The smallest absolute Gasteiger partial charge is 0.410 e. The van der Waals surface area contributed by atoms with E-state index in [4.69, 9.17) is 4.74 Å². The van der Waals surface area contributed by atoms with Crippen LogP contribution in [-0.2, 0) is 4.74 Å². The molecule has 1 aliphatic rings. The second kappa shape index (κ2) is 9.48. The van der Waals surface area contributed by atoms with Gasteiger partial charge in [-0.2, -0.15) is 0 Å². The van der Waals surface area contributed by atoms with Crippen molar-refractivity contribution in [3.8, 4) is 0 Å². The Morgan fingerprint density at radius 1 is 1.35 bits per heavy atom. The van der Waals surface area contributed by atoms with Crippen LogP contribution in [-0.4, -0.2) is 67.3 Å². The summed E-state index contributed by atoms with van der Waals surface area (Å²) in [7, 11) is 2.20. The molecule has 1 N–H and O–H groups in total. The molecular weight excluding hydrogens is 290 g/mol. The van der Waals surface area contributed by atoms with Crippen molar-refractivity contribution in [2.24, 2.45) is 5.92 Å². The summed E-state index contributed by atoms with van der Waals surface area (Å²) in [5, 5.41) is 3.64. The van der Waals surface area contributed by atoms with Crippen molar-refractivity contribution >= 4 is 6.09 Å². The molecule has 0 aromatic heterocycles. The summed E-state index contributed by atoms with van der Waals surface area (Å²) in [6.07, 6.45) is 3.32. The number of amides is 1. The first-order valence-corrected chi connectivity index (χ1v) is 9.12. The van der Waals surface area contributed by atoms with E-state index in [1.165, 1.54) is 25.9 Å². The number of nitrogens with one attached hydrogen (secondary N) is 1. The Kier molecular flexibility index (Phi) is 8.34. The summed E-state index contributed by atoms with van der Waals surface area (Å²) in [5.74, 6) is 0.777. The molecule has 5 nitrogen and oxygen atoms in total. The number of likely N-dealkylation sites (tertiary alicyclic amines) is 1. The maximum atomic E-state index is 12.1. The summed E-state index contributed by atoms with van der Waals surface area (Å²) in [5.41, 5.74) is -0.425. The molecule has 0 bridgehead atoms. The first-order valence-electron chi connectivity index (χ1n) is 9.12. The van der Waals surface area contributed by atoms with E-state index in [0.717, 1.165) is 25.4 Å². The van der Waals surface area contributed by atoms with Crippen molar-refractivity contribution in [3.05, 3.63) is 0 Å². The lowest BCUT2D eigenvalue weighted by Gasteiger charge is -2.33. The fourth-order valence-corrected chi connectivity index (χ4v) is 3.00. The third kappa shape index (κ3) is 8.02. The third-order valence-electron chi connectivity index (χ3n) is 4.57. The predicted molar refractivity (Wildman–Crippen MR) is 95.8 cm³/mol. The molecule has 0 radical (unpaired) electrons. The van der Waals surface area contributed by atoms with E-state index in [1.54, 1.807) is 4.90 Å². The van der Waals surface area contributed by atoms with Crippen LogP contribution in [0.2, 0.25) is 0 Å². The van der Waals surface area contributed by atoms with Crippen LogP contribution in [0.5, 0.6) is 0 Å². The second-order valence-corrected chi connectivity index (χ2v) is 7.80. The largest absolute Gasteiger partial charge is 0.444 e. The maximum absolute atomic E-state index is 12.1. The molecule has 0 aliphatic carbocycles. The van der Waals surface area contributed by atoms with E-state index in [9.17, 15) is 4.79 Å². The van der Waals surface area contributed by atoms with E-state index in [2.05, 4.69) is 24.2 Å². The Morgan fingerprint density at radius 2 is 1.96 bits per heavy atom. The molecule has 23 heavy (non-hydrogen) atoms. The molecule has 1 fully saturated rings. The zero-order chi connectivity index (χ0) is 17.5. The SMILES string of the molecule is CCN(CCCNC(C)C1CCN(C)CC1)C(=O)OC(C)(C)C. The number of ether oxygens (including phenoxy) is 1. The summed E-state index contributed by atoms with van der Waals surface area (Å²) in [4.78, 5) is 16.3. The van der Waals surface area contributed by atoms with Crippen molar-refractivity contribution in [1.29, 1.82) is 0 Å². The van der Waals surface area contributed by atoms with Gasteiger partial charge in [-0.15, -0.1) is 0 Å². The van der Waals surface area contributed by atoms with Crippen LogP contribution in [0.15, 0.2) is 0 Å². The second-order valence-electron chi connectivity index (χ2n) is 7.80. The van der Waals surface area contributed by atoms with E-state index in [1.807, 2.05) is 27.7 Å². The molecule has 0 spiro atoms. The number of piperidine rings is 1. The van der Waals surface area contributed by atoms with Crippen molar-refractivity contribution < 1.29 is 9.53 Å². The van der Waals surface area contributed by atoms with Crippen LogP contribution in [0.4, 0.5) is 4.79 Å². The zero-order valence-corrected chi connectivity index (χ0v) is 16.0. The van der Waals surface area contributed by atoms with Crippen LogP contribution in [0.1, 0.15) is 53.9 Å². The molecule has 1 heterocycles. The molecule has 5 heteroatoms. The van der Waals surface area contributed by atoms with Gasteiger partial charge < -0.3 is 19.9 Å². The van der Waals surface area contributed by atoms with Gasteiger partial charge in [0, 0.05) is 19.1 Å². The fourth-order valence-electron chi connectivity index (χ4n) is 3.00. The molecule has 136 valence electrons.